The first-order chi connectivity index (χ1) is 20.8. The number of aliphatic hydroxyl groups is 5. The van der Waals surface area contributed by atoms with Crippen LogP contribution < -0.4 is 0 Å². The van der Waals surface area contributed by atoms with Crippen molar-refractivity contribution in [3.8, 4) is 5.75 Å². The third kappa shape index (κ3) is 5.91. The Balaban J connectivity index is 1.34. The van der Waals surface area contributed by atoms with Gasteiger partial charge in [-0.1, -0.05) is 26.0 Å². The van der Waals surface area contributed by atoms with E-state index in [0.717, 1.165) is 0 Å². The third-order valence-electron chi connectivity index (χ3n) is 12.1. The van der Waals surface area contributed by atoms with Crippen LogP contribution in [0.15, 0.2) is 42.0 Å². The van der Waals surface area contributed by atoms with Gasteiger partial charge in [-0.3, -0.25) is 4.79 Å². The van der Waals surface area contributed by atoms with E-state index in [1.807, 2.05) is 13.8 Å². The largest absolute Gasteiger partial charge is 0.508 e. The summed E-state index contributed by atoms with van der Waals surface area (Å²) in [6.07, 6.45) is 4.41. The van der Waals surface area contributed by atoms with E-state index in [9.17, 15) is 40.2 Å². The lowest BCUT2D eigenvalue weighted by Crippen LogP contribution is -2.63. The number of esters is 1. The molecule has 0 spiro atoms. The van der Waals surface area contributed by atoms with E-state index in [1.165, 1.54) is 18.2 Å². The molecule has 0 radical (unpaired) electrons. The average Bonchev–Trinajstić information content (AvgIpc) is 3.24. The zero-order valence-electron chi connectivity index (χ0n) is 27.1. The van der Waals surface area contributed by atoms with Crippen molar-refractivity contribution in [3.05, 3.63) is 47.6 Å². The van der Waals surface area contributed by atoms with Crippen LogP contribution in [-0.2, 0) is 14.3 Å². The molecule has 10 atom stereocenters. The van der Waals surface area contributed by atoms with Crippen LogP contribution in [0.1, 0.15) is 91.5 Å². The molecule has 3 fully saturated rings. The SMILES string of the molecule is CC(C)(O)CC[C@@H](O)[C@](C)(O)[C@H]1CC[C@@]2(O)C3=CC(=O)[C@@H]4C[C@@H](OC(=O)/C=C/c5ccc(O)cc5)[C@@H](O)C[C@]4(C)C3CC[C@]12C. The minimum Gasteiger partial charge on any atom is -0.508 e. The number of aliphatic hydroxyl groups excluding tert-OH is 2. The topological polar surface area (TPSA) is 165 Å². The number of rotatable bonds is 8. The maximum Gasteiger partial charge on any atom is 0.331 e. The van der Waals surface area contributed by atoms with Gasteiger partial charge in [0.15, 0.2) is 5.78 Å². The van der Waals surface area contributed by atoms with E-state index in [1.54, 1.807) is 45.1 Å². The molecule has 0 heterocycles. The summed E-state index contributed by atoms with van der Waals surface area (Å²) in [7, 11) is 0. The van der Waals surface area contributed by atoms with E-state index < -0.39 is 63.8 Å². The number of ether oxygens (including phenoxy) is 1. The Labute approximate surface area is 265 Å². The molecule has 9 nitrogen and oxygen atoms in total. The summed E-state index contributed by atoms with van der Waals surface area (Å²) in [5.41, 5.74) is -3.97. The third-order valence-corrected chi connectivity index (χ3v) is 12.1. The molecule has 4 aliphatic rings. The molecule has 1 aromatic rings. The summed E-state index contributed by atoms with van der Waals surface area (Å²) in [6.45, 7) is 8.89. The number of hydrogen-bond donors (Lipinski definition) is 6. The predicted octanol–water partition coefficient (Wildman–Crippen LogP) is 3.82. The van der Waals surface area contributed by atoms with Crippen molar-refractivity contribution in [1.82, 2.24) is 0 Å². The first kappa shape index (κ1) is 33.8. The molecule has 0 aliphatic heterocycles. The Kier molecular flexibility index (Phi) is 8.71. The zero-order valence-corrected chi connectivity index (χ0v) is 27.1. The van der Waals surface area contributed by atoms with Crippen molar-refractivity contribution in [3.63, 3.8) is 0 Å². The normalized spacial score (nSPS) is 38.5. The Hall–Kier alpha value is -2.56. The fraction of sp³-hybridized carbons (Fsp3) is 0.667. The number of allylic oxidation sites excluding steroid dienone is 1. The quantitative estimate of drug-likeness (QED) is 0.186. The maximum absolute atomic E-state index is 13.8. The van der Waals surface area contributed by atoms with Gasteiger partial charge < -0.3 is 35.4 Å². The molecule has 45 heavy (non-hydrogen) atoms. The molecule has 4 aliphatic carbocycles. The minimum atomic E-state index is -1.52. The van der Waals surface area contributed by atoms with Gasteiger partial charge in [-0.2, -0.15) is 0 Å². The summed E-state index contributed by atoms with van der Waals surface area (Å²) >= 11 is 0. The van der Waals surface area contributed by atoms with Crippen LogP contribution in [0, 0.1) is 28.6 Å². The summed E-state index contributed by atoms with van der Waals surface area (Å²) < 4.78 is 5.63. The van der Waals surface area contributed by atoms with Crippen LogP contribution in [0.4, 0.5) is 0 Å². The van der Waals surface area contributed by atoms with Gasteiger partial charge in [0.2, 0.25) is 0 Å². The molecule has 0 aromatic heterocycles. The highest BCUT2D eigenvalue weighted by atomic mass is 16.6. The van der Waals surface area contributed by atoms with Gasteiger partial charge in [0.25, 0.3) is 0 Å². The van der Waals surface area contributed by atoms with Gasteiger partial charge >= 0.3 is 5.97 Å². The fourth-order valence-electron chi connectivity index (χ4n) is 9.37. The summed E-state index contributed by atoms with van der Waals surface area (Å²) in [6, 6.07) is 6.33. The number of phenols is 1. The molecule has 3 saturated carbocycles. The second kappa shape index (κ2) is 11.6. The number of carbonyl (C=O) groups excluding carboxylic acids is 2. The molecule has 248 valence electrons. The smallest absolute Gasteiger partial charge is 0.331 e. The maximum atomic E-state index is 13.8. The Morgan fingerprint density at radius 2 is 1.76 bits per heavy atom. The highest BCUT2D eigenvalue weighted by Gasteiger charge is 2.69. The molecule has 1 aromatic carbocycles. The average molecular weight is 627 g/mol. The highest BCUT2D eigenvalue weighted by molar-refractivity contribution is 5.95. The van der Waals surface area contributed by atoms with Crippen molar-refractivity contribution in [2.24, 2.45) is 28.6 Å². The van der Waals surface area contributed by atoms with Gasteiger partial charge in [-0.15, -0.1) is 0 Å². The molecule has 0 bridgehead atoms. The van der Waals surface area contributed by atoms with E-state index in [0.29, 0.717) is 43.2 Å². The minimum absolute atomic E-state index is 0.115. The first-order valence-electron chi connectivity index (χ1n) is 16.3. The Morgan fingerprint density at radius 3 is 2.40 bits per heavy atom. The van der Waals surface area contributed by atoms with Crippen LogP contribution in [0.25, 0.3) is 6.08 Å². The monoisotopic (exact) mass is 626 g/mol. The number of phenolic OH excluding ortho intramolecular Hbond substituents is 1. The van der Waals surface area contributed by atoms with Gasteiger partial charge in [0.1, 0.15) is 11.9 Å². The van der Waals surface area contributed by atoms with Crippen LogP contribution in [0.2, 0.25) is 0 Å². The first-order valence-corrected chi connectivity index (χ1v) is 16.3. The van der Waals surface area contributed by atoms with Crippen molar-refractivity contribution in [2.45, 2.75) is 121 Å². The van der Waals surface area contributed by atoms with Gasteiger partial charge in [0.05, 0.1) is 29.0 Å². The van der Waals surface area contributed by atoms with Crippen molar-refractivity contribution in [2.75, 3.05) is 0 Å². The van der Waals surface area contributed by atoms with Crippen LogP contribution >= 0.6 is 0 Å². The highest BCUT2D eigenvalue weighted by Crippen LogP contribution is 2.68. The van der Waals surface area contributed by atoms with E-state index in [4.69, 9.17) is 4.74 Å². The van der Waals surface area contributed by atoms with Crippen molar-refractivity contribution < 1.29 is 45.0 Å². The number of aromatic hydroxyl groups is 1. The van der Waals surface area contributed by atoms with Gasteiger partial charge in [-0.25, -0.2) is 4.79 Å². The molecular weight excluding hydrogens is 576 g/mol. The van der Waals surface area contributed by atoms with Crippen molar-refractivity contribution >= 4 is 17.8 Å². The molecule has 1 unspecified atom stereocenters. The van der Waals surface area contributed by atoms with E-state index in [2.05, 4.69) is 0 Å². The lowest BCUT2D eigenvalue weighted by Gasteiger charge is -2.60. The Morgan fingerprint density at radius 1 is 1.09 bits per heavy atom. The molecule has 0 amide bonds. The Bertz CT molecular complexity index is 1360. The lowest BCUT2D eigenvalue weighted by atomic mass is 9.45. The molecule has 6 N–H and O–H groups in total. The van der Waals surface area contributed by atoms with Crippen molar-refractivity contribution in [1.29, 1.82) is 0 Å². The number of ketones is 1. The molecule has 0 saturated heterocycles. The van der Waals surface area contributed by atoms with Gasteiger partial charge in [-0.05, 0) is 125 Å². The molecule has 5 rings (SSSR count). The number of fused-ring (bicyclic) bond motifs is 5. The number of hydrogen-bond acceptors (Lipinski definition) is 9. The standard InChI is InChI=1S/C36H50O9/c1-32(2,42)15-14-30(40)35(5,43)29-13-17-36(44)24-18-26(38)25-19-28(45-31(41)11-8-21-6-9-22(37)10-7-21)27(39)20-33(25,3)23(24)12-16-34(29,36)4/h6-11,18,23,25,27-30,37,39-40,42-44H,12-17,19-20H2,1-5H3/b11-8+/t23?,25-,27-,28+,29-,30+,33+,34+,35+,36+/m0/s1. The summed E-state index contributed by atoms with van der Waals surface area (Å²) in [5, 5.41) is 66.1. The second-order valence-corrected chi connectivity index (χ2v) is 15.5. The van der Waals surface area contributed by atoms with Crippen LogP contribution in [0.3, 0.4) is 0 Å². The molecule has 9 heteroatoms. The number of carbonyl (C=O) groups is 2. The molecular formula is C36H50O9. The van der Waals surface area contributed by atoms with Gasteiger partial charge in [0, 0.05) is 17.4 Å². The van der Waals surface area contributed by atoms with E-state index in [-0.39, 0.29) is 36.7 Å². The zero-order chi connectivity index (χ0) is 33.2. The van der Waals surface area contributed by atoms with Crippen LogP contribution in [-0.4, -0.2) is 77.5 Å². The second-order valence-electron chi connectivity index (χ2n) is 15.5. The van der Waals surface area contributed by atoms with Crippen LogP contribution in [0.5, 0.6) is 5.75 Å². The fourth-order valence-corrected chi connectivity index (χ4v) is 9.37. The predicted molar refractivity (Wildman–Crippen MR) is 168 cm³/mol. The number of benzene rings is 1. The summed E-state index contributed by atoms with van der Waals surface area (Å²) in [4.78, 5) is 26.5. The van der Waals surface area contributed by atoms with E-state index >= 15 is 0 Å². The summed E-state index contributed by atoms with van der Waals surface area (Å²) in [5.74, 6) is -1.79. The lowest BCUT2D eigenvalue weighted by molar-refractivity contribution is -0.181.